The van der Waals surface area contributed by atoms with E-state index < -0.39 is 0 Å². The van der Waals surface area contributed by atoms with Gasteiger partial charge in [-0.25, -0.2) is 0 Å². The van der Waals surface area contributed by atoms with Gasteiger partial charge in [0.05, 0.1) is 17.3 Å². The number of pyridine rings is 1. The monoisotopic (exact) mass is 331 g/mol. The van der Waals surface area contributed by atoms with E-state index in [9.17, 15) is 9.59 Å². The standard InChI is InChI=1S/C20H17N3O2/c1-11-5-6-16-14(8-11)15(10-22-16)12(2)23-17-9-18(24)13-4-3-7-21-19(13)20(17)25/h3-10,12,22-23H,1-2H3. The smallest absolute Gasteiger partial charge is 0.228 e. The molecular formula is C20H17N3O2. The lowest BCUT2D eigenvalue weighted by molar-refractivity contribution is 0.0972. The average Bonchev–Trinajstić information content (AvgIpc) is 3.02. The Balaban J connectivity index is 1.67. The lowest BCUT2D eigenvalue weighted by atomic mass is 9.96. The number of nitrogens with zero attached hydrogens (tertiary/aromatic N) is 1. The summed E-state index contributed by atoms with van der Waals surface area (Å²) in [5, 5.41) is 4.29. The lowest BCUT2D eigenvalue weighted by Gasteiger charge is -2.20. The van der Waals surface area contributed by atoms with Crippen LogP contribution in [0.1, 0.15) is 44.9 Å². The molecule has 3 aromatic rings. The first-order valence-corrected chi connectivity index (χ1v) is 8.14. The van der Waals surface area contributed by atoms with Crippen molar-refractivity contribution in [2.24, 2.45) is 0 Å². The van der Waals surface area contributed by atoms with E-state index in [-0.39, 0.29) is 29.0 Å². The number of H-pyrrole nitrogens is 1. The second-order valence-corrected chi connectivity index (χ2v) is 6.31. The van der Waals surface area contributed by atoms with E-state index in [1.54, 1.807) is 12.1 Å². The van der Waals surface area contributed by atoms with Crippen molar-refractivity contribution < 1.29 is 9.59 Å². The first-order valence-electron chi connectivity index (χ1n) is 8.14. The van der Waals surface area contributed by atoms with E-state index in [4.69, 9.17) is 0 Å². The summed E-state index contributed by atoms with van der Waals surface area (Å²) in [6, 6.07) is 9.35. The molecule has 2 N–H and O–H groups in total. The summed E-state index contributed by atoms with van der Waals surface area (Å²) in [6.07, 6.45) is 4.82. The number of allylic oxidation sites excluding steroid dienone is 2. The minimum atomic E-state index is -0.252. The summed E-state index contributed by atoms with van der Waals surface area (Å²) in [7, 11) is 0. The van der Waals surface area contributed by atoms with E-state index in [2.05, 4.69) is 27.4 Å². The quantitative estimate of drug-likeness (QED) is 0.770. The summed E-state index contributed by atoms with van der Waals surface area (Å²) in [5.41, 5.74) is 4.10. The number of ketones is 2. The zero-order chi connectivity index (χ0) is 17.6. The van der Waals surface area contributed by atoms with Gasteiger partial charge in [-0.1, -0.05) is 11.6 Å². The Kier molecular flexibility index (Phi) is 3.50. The molecule has 2 aromatic heterocycles. The van der Waals surface area contributed by atoms with E-state index in [1.807, 2.05) is 26.1 Å². The number of hydrogen-bond donors (Lipinski definition) is 2. The Hall–Kier alpha value is -3.21. The van der Waals surface area contributed by atoms with Gasteiger partial charge in [-0.05, 0) is 43.7 Å². The van der Waals surface area contributed by atoms with Crippen LogP contribution < -0.4 is 5.32 Å². The molecule has 25 heavy (non-hydrogen) atoms. The van der Waals surface area contributed by atoms with Gasteiger partial charge in [-0.3, -0.25) is 14.6 Å². The molecule has 0 saturated carbocycles. The van der Waals surface area contributed by atoms with Crippen LogP contribution in [0.5, 0.6) is 0 Å². The number of fused-ring (bicyclic) bond motifs is 2. The number of carbonyl (C=O) groups is 2. The number of Topliss-reactive ketones (excluding diaryl/α,β-unsaturated/α-hetero) is 1. The van der Waals surface area contributed by atoms with Gasteiger partial charge in [-0.15, -0.1) is 0 Å². The molecule has 0 fully saturated rings. The molecule has 1 aliphatic rings. The molecule has 0 spiro atoms. The number of carbonyl (C=O) groups excluding carboxylic acids is 2. The van der Waals surface area contributed by atoms with E-state index in [0.717, 1.165) is 16.5 Å². The predicted molar refractivity (Wildman–Crippen MR) is 95.6 cm³/mol. The molecule has 1 aromatic carbocycles. The van der Waals surface area contributed by atoms with Gasteiger partial charge >= 0.3 is 0 Å². The summed E-state index contributed by atoms with van der Waals surface area (Å²) in [4.78, 5) is 32.2. The van der Waals surface area contributed by atoms with E-state index in [0.29, 0.717) is 5.56 Å². The maximum Gasteiger partial charge on any atom is 0.228 e. The number of benzene rings is 1. The zero-order valence-corrected chi connectivity index (χ0v) is 14.0. The van der Waals surface area contributed by atoms with Crippen LogP contribution >= 0.6 is 0 Å². The molecule has 1 atom stereocenters. The summed E-state index contributed by atoms with van der Waals surface area (Å²) < 4.78 is 0. The molecular weight excluding hydrogens is 314 g/mol. The molecule has 0 amide bonds. The Morgan fingerprint density at radius 2 is 2.04 bits per heavy atom. The number of rotatable bonds is 3. The van der Waals surface area contributed by atoms with Crippen molar-refractivity contribution in [1.29, 1.82) is 0 Å². The van der Waals surface area contributed by atoms with Crippen LogP contribution in [0.3, 0.4) is 0 Å². The van der Waals surface area contributed by atoms with Crippen molar-refractivity contribution in [3.05, 3.63) is 76.9 Å². The molecule has 5 heteroatoms. The first-order chi connectivity index (χ1) is 12.0. The largest absolute Gasteiger partial charge is 0.375 e. The van der Waals surface area contributed by atoms with Crippen molar-refractivity contribution in [3.63, 3.8) is 0 Å². The van der Waals surface area contributed by atoms with E-state index in [1.165, 1.54) is 17.8 Å². The highest BCUT2D eigenvalue weighted by molar-refractivity contribution is 6.23. The van der Waals surface area contributed by atoms with Crippen molar-refractivity contribution in [1.82, 2.24) is 15.3 Å². The normalized spacial score (nSPS) is 15.0. The molecule has 0 bridgehead atoms. The van der Waals surface area contributed by atoms with Gasteiger partial charge in [0.25, 0.3) is 0 Å². The molecule has 1 aliphatic carbocycles. The van der Waals surface area contributed by atoms with Gasteiger partial charge in [0.2, 0.25) is 5.78 Å². The maximum atomic E-state index is 12.6. The SMILES string of the molecule is Cc1ccc2[nH]cc(C(C)NC3=CC(=O)c4cccnc4C3=O)c2c1. The van der Waals surface area contributed by atoms with Crippen molar-refractivity contribution in [2.45, 2.75) is 19.9 Å². The second kappa shape index (κ2) is 5.70. The van der Waals surface area contributed by atoms with Gasteiger partial charge < -0.3 is 10.3 Å². The van der Waals surface area contributed by atoms with Crippen molar-refractivity contribution in [3.8, 4) is 0 Å². The van der Waals surface area contributed by atoms with E-state index >= 15 is 0 Å². The fourth-order valence-corrected chi connectivity index (χ4v) is 3.22. The average molecular weight is 331 g/mol. The zero-order valence-electron chi connectivity index (χ0n) is 14.0. The molecule has 5 nitrogen and oxygen atoms in total. The maximum absolute atomic E-state index is 12.6. The molecule has 124 valence electrons. The second-order valence-electron chi connectivity index (χ2n) is 6.31. The minimum absolute atomic E-state index is 0.135. The molecule has 0 saturated heterocycles. The third kappa shape index (κ3) is 2.54. The van der Waals surface area contributed by atoms with Crippen LogP contribution in [0.15, 0.2) is 54.5 Å². The number of aromatic amines is 1. The van der Waals surface area contributed by atoms with Crippen molar-refractivity contribution >= 4 is 22.5 Å². The van der Waals surface area contributed by atoms with Crippen molar-refractivity contribution in [2.75, 3.05) is 0 Å². The number of hydrogen-bond acceptors (Lipinski definition) is 4. The van der Waals surface area contributed by atoms with Gasteiger partial charge in [0.15, 0.2) is 5.78 Å². The molecule has 0 radical (unpaired) electrons. The van der Waals surface area contributed by atoms with Crippen LogP contribution in [-0.2, 0) is 0 Å². The third-order valence-electron chi connectivity index (χ3n) is 4.52. The molecule has 2 heterocycles. The van der Waals surface area contributed by atoms with Crippen LogP contribution in [-0.4, -0.2) is 21.5 Å². The Morgan fingerprint density at radius 1 is 1.20 bits per heavy atom. The third-order valence-corrected chi connectivity index (χ3v) is 4.52. The molecule has 0 aliphatic heterocycles. The first kappa shape index (κ1) is 15.3. The fraction of sp³-hybridized carbons (Fsp3) is 0.150. The minimum Gasteiger partial charge on any atom is -0.375 e. The van der Waals surface area contributed by atoms with Crippen LogP contribution in [0.2, 0.25) is 0 Å². The summed E-state index contributed by atoms with van der Waals surface area (Å²) >= 11 is 0. The number of aryl methyl sites for hydroxylation is 1. The Bertz CT molecular complexity index is 1050. The summed E-state index contributed by atoms with van der Waals surface area (Å²) in [5.74, 6) is -0.453. The predicted octanol–water partition coefficient (Wildman–Crippen LogP) is 3.49. The number of aromatic nitrogens is 2. The van der Waals surface area contributed by atoms with Crippen LogP contribution in [0.4, 0.5) is 0 Å². The molecule has 4 rings (SSSR count). The molecule has 1 unspecified atom stereocenters. The fourth-order valence-electron chi connectivity index (χ4n) is 3.22. The van der Waals surface area contributed by atoms with Crippen LogP contribution in [0, 0.1) is 6.92 Å². The summed E-state index contributed by atoms with van der Waals surface area (Å²) in [6.45, 7) is 4.01. The van der Waals surface area contributed by atoms with Gasteiger partial charge in [0, 0.05) is 29.4 Å². The highest BCUT2D eigenvalue weighted by Crippen LogP contribution is 2.27. The van der Waals surface area contributed by atoms with Gasteiger partial charge in [0.1, 0.15) is 5.69 Å². The highest BCUT2D eigenvalue weighted by atomic mass is 16.1. The van der Waals surface area contributed by atoms with Crippen LogP contribution in [0.25, 0.3) is 10.9 Å². The lowest BCUT2D eigenvalue weighted by Crippen LogP contribution is -2.29. The number of nitrogens with one attached hydrogen (secondary N) is 2. The topological polar surface area (TPSA) is 74.8 Å². The highest BCUT2D eigenvalue weighted by Gasteiger charge is 2.27. The Labute approximate surface area is 144 Å². The van der Waals surface area contributed by atoms with Gasteiger partial charge in [-0.2, -0.15) is 0 Å². The Morgan fingerprint density at radius 3 is 2.88 bits per heavy atom.